The Morgan fingerprint density at radius 1 is 1.00 bits per heavy atom. The van der Waals surface area contributed by atoms with E-state index >= 15 is 0 Å². The maximum absolute atomic E-state index is 12.1. The molecule has 0 aromatic heterocycles. The van der Waals surface area contributed by atoms with Gasteiger partial charge in [-0.25, -0.2) is 0 Å². The first kappa shape index (κ1) is 21.1. The number of benzene rings is 3. The minimum absolute atomic E-state index is 0.255. The molecular weight excluding hydrogens is 504 g/mol. The van der Waals surface area contributed by atoms with Gasteiger partial charge >= 0.3 is 0 Å². The number of para-hydroxylation sites is 1. The summed E-state index contributed by atoms with van der Waals surface area (Å²) in [6.45, 7) is 1.34. The van der Waals surface area contributed by atoms with Gasteiger partial charge < -0.3 is 9.47 Å². The van der Waals surface area contributed by atoms with Crippen LogP contribution in [0.1, 0.15) is 6.92 Å². The number of hydrogen-bond donors (Lipinski definition) is 2. The fourth-order valence-corrected chi connectivity index (χ4v) is 3.51. The lowest BCUT2D eigenvalue weighted by Crippen LogP contribution is -2.48. The topological polar surface area (TPSA) is 76.7 Å². The predicted octanol–water partition coefficient (Wildman–Crippen LogP) is 4.36. The number of carbonyl (C=O) groups is 2. The highest BCUT2D eigenvalue weighted by Crippen LogP contribution is 2.34. The Hall–Kier alpha value is -2.58. The van der Waals surface area contributed by atoms with Crippen LogP contribution in [0.2, 0.25) is 0 Å². The second kappa shape index (κ2) is 9.76. The quantitative estimate of drug-likeness (QED) is 0.472. The summed E-state index contributed by atoms with van der Waals surface area (Å²) in [6.07, 6.45) is -0.771. The third-order valence-electron chi connectivity index (χ3n) is 3.99. The molecule has 1 atom stereocenters. The van der Waals surface area contributed by atoms with E-state index in [0.717, 1.165) is 19.7 Å². The minimum Gasteiger partial charge on any atom is -0.483 e. The van der Waals surface area contributed by atoms with Gasteiger partial charge in [0.05, 0.1) is 4.47 Å². The first-order valence-electron chi connectivity index (χ1n) is 8.75. The molecule has 0 fully saturated rings. The lowest BCUT2D eigenvalue weighted by molar-refractivity contribution is -0.133. The molecule has 3 rings (SSSR count). The third-order valence-corrected chi connectivity index (χ3v) is 5.30. The zero-order chi connectivity index (χ0) is 20.8. The molecule has 0 spiro atoms. The molecule has 6 nitrogen and oxygen atoms in total. The van der Waals surface area contributed by atoms with Crippen LogP contribution in [-0.4, -0.2) is 24.5 Å². The summed E-state index contributed by atoms with van der Waals surface area (Å²) < 4.78 is 12.8. The maximum atomic E-state index is 12.1. The van der Waals surface area contributed by atoms with Crippen LogP contribution in [0.3, 0.4) is 0 Å². The van der Waals surface area contributed by atoms with E-state index in [9.17, 15) is 9.59 Å². The summed E-state index contributed by atoms with van der Waals surface area (Å²) in [5.74, 6) is 0.132. The number of ether oxygens (including phenoxy) is 2. The average molecular weight is 522 g/mol. The molecule has 0 aliphatic heterocycles. The van der Waals surface area contributed by atoms with E-state index in [0.29, 0.717) is 11.5 Å². The van der Waals surface area contributed by atoms with E-state index in [-0.39, 0.29) is 6.61 Å². The second-order valence-electron chi connectivity index (χ2n) is 6.14. The summed E-state index contributed by atoms with van der Waals surface area (Å²) >= 11 is 6.95. The number of rotatable bonds is 6. The Labute approximate surface area is 184 Å². The van der Waals surface area contributed by atoms with Gasteiger partial charge in [-0.1, -0.05) is 46.3 Å². The number of carbonyl (C=O) groups excluding carboxylic acids is 2. The van der Waals surface area contributed by atoms with Gasteiger partial charge in [-0.05, 0) is 64.0 Å². The number of nitrogens with one attached hydrogen (secondary N) is 2. The standard InChI is InChI=1S/C21H18Br2N2O4/c1-13(29-16-5-3-2-4-6-16)21(27)25-24-19(26)12-28-18-10-7-14-11-15(22)8-9-17(14)20(18)23/h2-11,13H,12H2,1H3,(H,24,26)(H,25,27). The molecule has 8 heteroatoms. The van der Waals surface area contributed by atoms with E-state index in [1.165, 1.54) is 0 Å². The molecule has 0 saturated carbocycles. The normalized spacial score (nSPS) is 11.6. The highest BCUT2D eigenvalue weighted by Gasteiger charge is 2.16. The highest BCUT2D eigenvalue weighted by atomic mass is 79.9. The first-order chi connectivity index (χ1) is 13.9. The zero-order valence-corrected chi connectivity index (χ0v) is 18.6. The van der Waals surface area contributed by atoms with Crippen molar-refractivity contribution < 1.29 is 19.1 Å². The Morgan fingerprint density at radius 3 is 2.52 bits per heavy atom. The SMILES string of the molecule is CC(Oc1ccccc1)C(=O)NNC(=O)COc1ccc2cc(Br)ccc2c1Br. The monoisotopic (exact) mass is 520 g/mol. The lowest BCUT2D eigenvalue weighted by Gasteiger charge is -2.15. The second-order valence-corrected chi connectivity index (χ2v) is 7.85. The molecule has 2 N–H and O–H groups in total. The molecule has 1 unspecified atom stereocenters. The van der Waals surface area contributed by atoms with Crippen molar-refractivity contribution in [1.82, 2.24) is 10.9 Å². The number of hydrazine groups is 1. The van der Waals surface area contributed by atoms with Crippen molar-refractivity contribution in [2.24, 2.45) is 0 Å². The van der Waals surface area contributed by atoms with Crippen molar-refractivity contribution in [3.05, 3.63) is 69.6 Å². The number of amides is 2. The summed E-state index contributed by atoms with van der Waals surface area (Å²) in [5.41, 5.74) is 4.65. The van der Waals surface area contributed by atoms with E-state index in [1.54, 1.807) is 25.1 Å². The van der Waals surface area contributed by atoms with Gasteiger partial charge in [0, 0.05) is 4.47 Å². The molecule has 0 aliphatic rings. The van der Waals surface area contributed by atoms with Crippen LogP contribution >= 0.6 is 31.9 Å². The molecule has 0 radical (unpaired) electrons. The fourth-order valence-electron chi connectivity index (χ4n) is 2.52. The van der Waals surface area contributed by atoms with Gasteiger partial charge in [0.1, 0.15) is 11.5 Å². The van der Waals surface area contributed by atoms with Crippen LogP contribution in [0.15, 0.2) is 69.6 Å². The van der Waals surface area contributed by atoms with E-state index in [4.69, 9.17) is 9.47 Å². The fraction of sp³-hybridized carbons (Fsp3) is 0.143. The molecule has 3 aromatic carbocycles. The molecule has 2 amide bonds. The summed E-state index contributed by atoms with van der Waals surface area (Å²) in [4.78, 5) is 24.1. The van der Waals surface area contributed by atoms with Crippen molar-refractivity contribution in [3.63, 3.8) is 0 Å². The maximum Gasteiger partial charge on any atom is 0.279 e. The van der Waals surface area contributed by atoms with Crippen LogP contribution in [-0.2, 0) is 9.59 Å². The van der Waals surface area contributed by atoms with E-state index in [2.05, 4.69) is 42.7 Å². The Kier molecular flexibility index (Phi) is 7.11. The van der Waals surface area contributed by atoms with E-state index in [1.807, 2.05) is 42.5 Å². The van der Waals surface area contributed by atoms with Gasteiger partial charge in [0.2, 0.25) is 0 Å². The molecule has 0 aliphatic carbocycles. The average Bonchev–Trinajstić information content (AvgIpc) is 2.72. The predicted molar refractivity (Wildman–Crippen MR) is 118 cm³/mol. The number of hydrogen-bond acceptors (Lipinski definition) is 4. The first-order valence-corrected chi connectivity index (χ1v) is 10.3. The molecule has 0 saturated heterocycles. The van der Waals surface area contributed by atoms with Crippen LogP contribution in [0.5, 0.6) is 11.5 Å². The van der Waals surface area contributed by atoms with Crippen molar-refractivity contribution in [3.8, 4) is 11.5 Å². The summed E-state index contributed by atoms with van der Waals surface area (Å²) in [7, 11) is 0. The lowest BCUT2D eigenvalue weighted by atomic mass is 10.1. The Bertz CT molecular complexity index is 1030. The highest BCUT2D eigenvalue weighted by molar-refractivity contribution is 9.11. The van der Waals surface area contributed by atoms with Crippen LogP contribution in [0.4, 0.5) is 0 Å². The summed E-state index contributed by atoms with van der Waals surface area (Å²) in [5, 5.41) is 1.99. The van der Waals surface area contributed by atoms with E-state index < -0.39 is 17.9 Å². The van der Waals surface area contributed by atoms with Gasteiger partial charge in [-0.15, -0.1) is 0 Å². The van der Waals surface area contributed by atoms with Crippen molar-refractivity contribution >= 4 is 54.4 Å². The van der Waals surface area contributed by atoms with Crippen LogP contribution < -0.4 is 20.3 Å². The van der Waals surface area contributed by atoms with Crippen molar-refractivity contribution in [1.29, 1.82) is 0 Å². The Morgan fingerprint density at radius 2 is 1.76 bits per heavy atom. The molecule has 0 bridgehead atoms. The van der Waals surface area contributed by atoms with Gasteiger partial charge in [-0.2, -0.15) is 0 Å². The molecular formula is C21H18Br2N2O4. The van der Waals surface area contributed by atoms with Crippen molar-refractivity contribution in [2.45, 2.75) is 13.0 Å². The largest absolute Gasteiger partial charge is 0.483 e. The zero-order valence-electron chi connectivity index (χ0n) is 15.4. The Balaban J connectivity index is 1.50. The number of fused-ring (bicyclic) bond motifs is 1. The third kappa shape index (κ3) is 5.71. The van der Waals surface area contributed by atoms with Gasteiger partial charge in [-0.3, -0.25) is 20.4 Å². The minimum atomic E-state index is -0.771. The molecule has 3 aromatic rings. The number of halogens is 2. The molecule has 0 heterocycles. The van der Waals surface area contributed by atoms with Gasteiger partial charge in [0.15, 0.2) is 12.7 Å². The van der Waals surface area contributed by atoms with Crippen LogP contribution in [0.25, 0.3) is 10.8 Å². The smallest absolute Gasteiger partial charge is 0.279 e. The van der Waals surface area contributed by atoms with Gasteiger partial charge in [0.25, 0.3) is 11.8 Å². The molecule has 150 valence electrons. The summed E-state index contributed by atoms with van der Waals surface area (Å²) in [6, 6.07) is 18.5. The van der Waals surface area contributed by atoms with Crippen molar-refractivity contribution in [2.75, 3.05) is 6.61 Å². The molecule has 29 heavy (non-hydrogen) atoms. The van der Waals surface area contributed by atoms with Crippen LogP contribution in [0, 0.1) is 0 Å².